The van der Waals surface area contributed by atoms with Crippen molar-refractivity contribution in [2.75, 3.05) is 11.9 Å². The second-order valence-corrected chi connectivity index (χ2v) is 9.57. The largest absolute Gasteiger partial charge is 0.433 e. The molecule has 2 heterocycles. The summed E-state index contributed by atoms with van der Waals surface area (Å²) in [4.78, 5) is 28.9. The average Bonchev–Trinajstić information content (AvgIpc) is 3.24. The van der Waals surface area contributed by atoms with E-state index in [4.69, 9.17) is 0 Å². The van der Waals surface area contributed by atoms with E-state index < -0.39 is 23.4 Å². The minimum atomic E-state index is -4.68. The van der Waals surface area contributed by atoms with Crippen molar-refractivity contribution in [1.29, 1.82) is 0 Å². The molecule has 1 aromatic carbocycles. The summed E-state index contributed by atoms with van der Waals surface area (Å²) in [6, 6.07) is 6.71. The molecule has 1 aliphatic rings. The van der Waals surface area contributed by atoms with Gasteiger partial charge in [-0.25, -0.2) is 4.98 Å². The van der Waals surface area contributed by atoms with E-state index >= 15 is 0 Å². The summed E-state index contributed by atoms with van der Waals surface area (Å²) in [5.74, 6) is -0.658. The topological polar surface area (TPSA) is 88.3 Å². The predicted octanol–water partition coefficient (Wildman–Crippen LogP) is 4.88. The van der Waals surface area contributed by atoms with Gasteiger partial charge in [0.25, 0.3) is 5.91 Å². The Kier molecular flexibility index (Phi) is 6.44. The Morgan fingerprint density at radius 2 is 1.86 bits per heavy atom. The van der Waals surface area contributed by atoms with E-state index in [1.807, 2.05) is 10.9 Å². The molecule has 1 N–H and O–H groups in total. The quantitative estimate of drug-likeness (QED) is 0.517. The highest BCUT2D eigenvalue weighted by atomic mass is 19.4. The highest BCUT2D eigenvalue weighted by Gasteiger charge is 2.34. The summed E-state index contributed by atoms with van der Waals surface area (Å²) >= 11 is 0. The second kappa shape index (κ2) is 9.07. The van der Waals surface area contributed by atoms with Gasteiger partial charge >= 0.3 is 6.18 Å². The van der Waals surface area contributed by atoms with Crippen molar-refractivity contribution in [1.82, 2.24) is 14.8 Å². The number of carbonyl (C=O) groups is 2. The number of nitrogens with zero attached hydrogens (tertiary/aromatic N) is 4. The van der Waals surface area contributed by atoms with Gasteiger partial charge in [0.1, 0.15) is 17.7 Å². The van der Waals surface area contributed by atoms with Crippen LogP contribution in [-0.4, -0.2) is 39.1 Å². The number of halogens is 3. The Morgan fingerprint density at radius 3 is 2.46 bits per heavy atom. The number of fused-ring (bicyclic) bond motifs is 1. The van der Waals surface area contributed by atoms with Crippen LogP contribution in [0, 0.1) is 5.92 Å². The molecule has 1 fully saturated rings. The van der Waals surface area contributed by atoms with Crippen LogP contribution in [0.3, 0.4) is 0 Å². The molecule has 35 heavy (non-hydrogen) atoms. The van der Waals surface area contributed by atoms with Crippen molar-refractivity contribution in [2.24, 2.45) is 5.92 Å². The molecule has 0 spiro atoms. The molecule has 1 saturated carbocycles. The molecule has 186 valence electrons. The Hall–Kier alpha value is -3.27. The molecule has 1 amide bonds. The minimum Gasteiger partial charge on any atom is -0.386 e. The highest BCUT2D eigenvalue weighted by Crippen LogP contribution is 2.37. The highest BCUT2D eigenvalue weighted by molar-refractivity contribution is 6.06. The summed E-state index contributed by atoms with van der Waals surface area (Å²) < 4.78 is 41.2. The van der Waals surface area contributed by atoms with E-state index in [2.05, 4.69) is 10.1 Å². The molecule has 1 aliphatic carbocycles. The third-order valence-electron chi connectivity index (χ3n) is 6.53. The maximum atomic E-state index is 13.1. The summed E-state index contributed by atoms with van der Waals surface area (Å²) in [5, 5.41) is 16.2. The molecule has 0 atom stereocenters. The molecule has 4 rings (SSSR count). The van der Waals surface area contributed by atoms with Gasteiger partial charge in [0.05, 0.1) is 22.8 Å². The number of aromatic nitrogens is 3. The predicted molar refractivity (Wildman–Crippen MR) is 124 cm³/mol. The van der Waals surface area contributed by atoms with Crippen LogP contribution in [0.25, 0.3) is 10.9 Å². The third-order valence-corrected chi connectivity index (χ3v) is 6.53. The van der Waals surface area contributed by atoms with Crippen molar-refractivity contribution < 1.29 is 27.9 Å². The molecule has 0 saturated heterocycles. The molecule has 0 radical (unpaired) electrons. The first-order valence-corrected chi connectivity index (χ1v) is 11.4. The Labute approximate surface area is 200 Å². The third kappa shape index (κ3) is 5.07. The number of alkyl halides is 3. The number of benzene rings is 1. The number of rotatable bonds is 5. The van der Waals surface area contributed by atoms with Crippen LogP contribution in [0.5, 0.6) is 0 Å². The van der Waals surface area contributed by atoms with Crippen LogP contribution in [0.15, 0.2) is 36.5 Å². The molecule has 3 aromatic rings. The van der Waals surface area contributed by atoms with Gasteiger partial charge in [-0.3, -0.25) is 9.48 Å². The number of aldehydes is 1. The first-order chi connectivity index (χ1) is 16.4. The van der Waals surface area contributed by atoms with Crippen molar-refractivity contribution >= 4 is 28.8 Å². The lowest BCUT2D eigenvalue weighted by molar-refractivity contribution is -0.141. The van der Waals surface area contributed by atoms with Crippen molar-refractivity contribution in [3.63, 3.8) is 0 Å². The second-order valence-electron chi connectivity index (χ2n) is 9.57. The van der Waals surface area contributed by atoms with Gasteiger partial charge < -0.3 is 14.8 Å². The van der Waals surface area contributed by atoms with Crippen LogP contribution in [0.2, 0.25) is 0 Å². The lowest BCUT2D eigenvalue weighted by Gasteiger charge is -2.27. The first kappa shape index (κ1) is 24.8. The van der Waals surface area contributed by atoms with E-state index in [1.54, 1.807) is 26.0 Å². The first-order valence-electron chi connectivity index (χ1n) is 11.4. The van der Waals surface area contributed by atoms with Crippen LogP contribution in [0.1, 0.15) is 67.3 Å². The Bertz CT molecular complexity index is 1260. The molecule has 0 aliphatic heterocycles. The molecule has 10 heteroatoms. The number of hydrogen-bond donors (Lipinski definition) is 1. The summed E-state index contributed by atoms with van der Waals surface area (Å²) in [6.45, 7) is 3.13. The standard InChI is InChI=1S/C25H27F3N4O3/c1-24(2,35)18-12-20-16(13-32(30-20)17-9-7-15(14-33)8-10-17)11-21(18)31(3)23(34)19-5-4-6-22(29-19)25(26,27)28/h4-6,11-15,17,35H,7-10H2,1-3H3/t15-,17-. The van der Waals surface area contributed by atoms with Crippen LogP contribution < -0.4 is 4.90 Å². The minimum absolute atomic E-state index is 0.0775. The van der Waals surface area contributed by atoms with Gasteiger partial charge in [0, 0.05) is 30.1 Å². The zero-order valence-corrected chi connectivity index (χ0v) is 19.7. The molecule has 2 aromatic heterocycles. The smallest absolute Gasteiger partial charge is 0.386 e. The van der Waals surface area contributed by atoms with E-state index in [1.165, 1.54) is 18.0 Å². The fraction of sp³-hybridized carbons (Fsp3) is 0.440. The summed E-state index contributed by atoms with van der Waals surface area (Å²) in [7, 11) is 1.44. The zero-order valence-electron chi connectivity index (χ0n) is 19.7. The van der Waals surface area contributed by atoms with Crippen LogP contribution in [-0.2, 0) is 16.6 Å². The van der Waals surface area contributed by atoms with Gasteiger partial charge in [-0.05, 0) is 63.8 Å². The van der Waals surface area contributed by atoms with Gasteiger partial charge in [0.15, 0.2) is 0 Å². The van der Waals surface area contributed by atoms with E-state index in [0.717, 1.165) is 49.5 Å². The van der Waals surface area contributed by atoms with Gasteiger partial charge in [-0.15, -0.1) is 0 Å². The average molecular weight is 489 g/mol. The number of hydrogen-bond acceptors (Lipinski definition) is 5. The summed E-state index contributed by atoms with van der Waals surface area (Å²) in [6.07, 6.45) is 1.43. The monoisotopic (exact) mass is 488 g/mol. The Morgan fingerprint density at radius 1 is 1.17 bits per heavy atom. The normalized spacial score (nSPS) is 19.1. The molecule has 0 bridgehead atoms. The van der Waals surface area contributed by atoms with Crippen molar-refractivity contribution in [3.05, 3.63) is 53.5 Å². The maximum Gasteiger partial charge on any atom is 0.433 e. The van der Waals surface area contributed by atoms with E-state index in [-0.39, 0.29) is 17.7 Å². The summed E-state index contributed by atoms with van der Waals surface area (Å²) in [5.41, 5.74) is -1.49. The number of pyridine rings is 1. The van der Waals surface area contributed by atoms with E-state index in [0.29, 0.717) is 16.8 Å². The fourth-order valence-electron chi connectivity index (χ4n) is 4.53. The molecule has 0 unspecified atom stereocenters. The lowest BCUT2D eigenvalue weighted by atomic mass is 9.87. The SMILES string of the molecule is CN(C(=O)c1cccc(C(F)(F)F)n1)c1cc2cn([C@H]3CC[C@H](C=O)CC3)nc2cc1C(C)(C)O. The van der Waals surface area contributed by atoms with Crippen molar-refractivity contribution in [2.45, 2.75) is 57.3 Å². The van der Waals surface area contributed by atoms with Gasteiger partial charge in [-0.2, -0.15) is 18.3 Å². The zero-order chi connectivity index (χ0) is 25.5. The molecule has 7 nitrogen and oxygen atoms in total. The fourth-order valence-corrected chi connectivity index (χ4v) is 4.53. The number of carbonyl (C=O) groups excluding carboxylic acids is 2. The van der Waals surface area contributed by atoms with Crippen LogP contribution >= 0.6 is 0 Å². The van der Waals surface area contributed by atoms with Gasteiger partial charge in [0.2, 0.25) is 0 Å². The van der Waals surface area contributed by atoms with Gasteiger partial charge in [-0.1, -0.05) is 6.07 Å². The molecular weight excluding hydrogens is 461 g/mol. The van der Waals surface area contributed by atoms with Crippen LogP contribution in [0.4, 0.5) is 18.9 Å². The number of aliphatic hydroxyl groups is 1. The lowest BCUT2D eigenvalue weighted by Crippen LogP contribution is -2.31. The number of amides is 1. The number of anilines is 1. The molecular formula is C25H27F3N4O3. The van der Waals surface area contributed by atoms with E-state index in [9.17, 15) is 27.9 Å². The maximum absolute atomic E-state index is 13.1. The Balaban J connectivity index is 1.72. The van der Waals surface area contributed by atoms with Crippen molar-refractivity contribution in [3.8, 4) is 0 Å².